The number of halogens is 3. The molecule has 0 saturated heterocycles. The molecule has 0 fully saturated rings. The molecule has 1 N–H and O–H groups in total. The van der Waals surface area contributed by atoms with Crippen LogP contribution in [0.2, 0.25) is 0 Å². The molecule has 6 nitrogen and oxygen atoms in total. The zero-order valence-electron chi connectivity index (χ0n) is 11.8. The van der Waals surface area contributed by atoms with Crippen LogP contribution >= 0.6 is 0 Å². The standard InChI is InChI=1S/C11H15F3N2O4S2/c1-21(17,18)15-6-7-16(22(2,19)20)10-5-3-4-9(8-10)11(12,13)14/h3-5,8,15H,6-7H2,1-2H3. The van der Waals surface area contributed by atoms with E-state index >= 15 is 0 Å². The first-order valence-corrected chi connectivity index (χ1v) is 9.64. The first-order valence-electron chi connectivity index (χ1n) is 5.90. The molecule has 0 spiro atoms. The van der Waals surface area contributed by atoms with Crippen molar-refractivity contribution in [3.8, 4) is 0 Å². The molecule has 0 aromatic heterocycles. The van der Waals surface area contributed by atoms with E-state index in [1.54, 1.807) is 0 Å². The van der Waals surface area contributed by atoms with Gasteiger partial charge in [-0.1, -0.05) is 6.07 Å². The van der Waals surface area contributed by atoms with Crippen LogP contribution in [0.3, 0.4) is 0 Å². The van der Waals surface area contributed by atoms with E-state index in [1.165, 1.54) is 6.07 Å². The Hall–Kier alpha value is -1.33. The first-order chi connectivity index (χ1) is 9.81. The van der Waals surface area contributed by atoms with Gasteiger partial charge < -0.3 is 0 Å². The van der Waals surface area contributed by atoms with E-state index in [-0.39, 0.29) is 18.8 Å². The average molecular weight is 360 g/mol. The van der Waals surface area contributed by atoms with E-state index in [1.807, 2.05) is 0 Å². The minimum atomic E-state index is -4.61. The van der Waals surface area contributed by atoms with Gasteiger partial charge in [-0.05, 0) is 18.2 Å². The van der Waals surface area contributed by atoms with Crippen LogP contribution in [0.4, 0.5) is 18.9 Å². The molecule has 1 aromatic rings. The normalized spacial score (nSPS) is 13.1. The molecule has 11 heteroatoms. The van der Waals surface area contributed by atoms with Crippen molar-refractivity contribution in [2.45, 2.75) is 6.18 Å². The second-order valence-electron chi connectivity index (χ2n) is 4.55. The number of alkyl halides is 3. The number of nitrogens with zero attached hydrogens (tertiary/aromatic N) is 1. The van der Waals surface area contributed by atoms with Crippen LogP contribution in [-0.2, 0) is 26.2 Å². The Labute approximate surface area is 127 Å². The Morgan fingerprint density at radius 3 is 2.18 bits per heavy atom. The maximum absolute atomic E-state index is 12.7. The summed E-state index contributed by atoms with van der Waals surface area (Å²) < 4.78 is 86.2. The van der Waals surface area contributed by atoms with Crippen LogP contribution in [-0.4, -0.2) is 42.4 Å². The van der Waals surface area contributed by atoms with Gasteiger partial charge in [0.25, 0.3) is 0 Å². The van der Waals surface area contributed by atoms with E-state index in [0.717, 1.165) is 24.6 Å². The van der Waals surface area contributed by atoms with Gasteiger partial charge in [-0.2, -0.15) is 13.2 Å². The van der Waals surface area contributed by atoms with E-state index in [0.29, 0.717) is 10.4 Å². The molecule has 0 aliphatic rings. The van der Waals surface area contributed by atoms with Crippen molar-refractivity contribution < 1.29 is 30.0 Å². The monoisotopic (exact) mass is 360 g/mol. The second-order valence-corrected chi connectivity index (χ2v) is 8.29. The zero-order valence-corrected chi connectivity index (χ0v) is 13.4. The number of hydrogen-bond donors (Lipinski definition) is 1. The highest BCUT2D eigenvalue weighted by molar-refractivity contribution is 7.92. The summed E-state index contributed by atoms with van der Waals surface area (Å²) in [6.45, 7) is -0.588. The van der Waals surface area contributed by atoms with Crippen molar-refractivity contribution in [1.29, 1.82) is 0 Å². The lowest BCUT2D eigenvalue weighted by atomic mass is 10.2. The summed E-state index contributed by atoms with van der Waals surface area (Å²) in [5, 5.41) is 0. The average Bonchev–Trinajstić information content (AvgIpc) is 2.31. The Bertz CT molecular complexity index is 730. The highest BCUT2D eigenvalue weighted by Gasteiger charge is 2.31. The van der Waals surface area contributed by atoms with Gasteiger partial charge in [0.15, 0.2) is 0 Å². The van der Waals surface area contributed by atoms with Crippen molar-refractivity contribution in [3.05, 3.63) is 29.8 Å². The second kappa shape index (κ2) is 6.42. The van der Waals surface area contributed by atoms with Gasteiger partial charge >= 0.3 is 6.18 Å². The molecular formula is C11H15F3N2O4S2. The fourth-order valence-corrected chi connectivity index (χ4v) is 3.04. The molecule has 0 heterocycles. The number of rotatable bonds is 6. The predicted molar refractivity (Wildman–Crippen MR) is 76.5 cm³/mol. The minimum absolute atomic E-state index is 0.187. The van der Waals surface area contributed by atoms with Crippen LogP contribution in [0.1, 0.15) is 5.56 Å². The van der Waals surface area contributed by atoms with Crippen molar-refractivity contribution in [1.82, 2.24) is 4.72 Å². The van der Waals surface area contributed by atoms with Crippen molar-refractivity contribution in [2.75, 3.05) is 29.9 Å². The molecule has 126 valence electrons. The molecule has 1 aromatic carbocycles. The van der Waals surface area contributed by atoms with Crippen molar-refractivity contribution in [3.63, 3.8) is 0 Å². The Kier molecular flexibility index (Phi) is 5.47. The molecule has 0 amide bonds. The summed E-state index contributed by atoms with van der Waals surface area (Å²) in [5.41, 5.74) is -1.18. The fraction of sp³-hybridized carbons (Fsp3) is 0.455. The smallest absolute Gasteiger partial charge is 0.269 e. The van der Waals surface area contributed by atoms with Crippen molar-refractivity contribution >= 4 is 25.7 Å². The third-order valence-electron chi connectivity index (χ3n) is 2.54. The van der Waals surface area contributed by atoms with Gasteiger partial charge in [-0.3, -0.25) is 4.31 Å². The highest BCUT2D eigenvalue weighted by Crippen LogP contribution is 2.32. The van der Waals surface area contributed by atoms with Gasteiger partial charge in [-0.15, -0.1) is 0 Å². The van der Waals surface area contributed by atoms with Gasteiger partial charge in [0.2, 0.25) is 20.0 Å². The summed E-state index contributed by atoms with van der Waals surface area (Å²) >= 11 is 0. The molecule has 0 aliphatic carbocycles. The summed E-state index contributed by atoms with van der Waals surface area (Å²) in [4.78, 5) is 0. The zero-order chi connectivity index (χ0) is 17.2. The largest absolute Gasteiger partial charge is 0.416 e. The van der Waals surface area contributed by atoms with E-state index in [4.69, 9.17) is 0 Å². The molecule has 0 unspecified atom stereocenters. The molecule has 22 heavy (non-hydrogen) atoms. The number of benzene rings is 1. The van der Waals surface area contributed by atoms with Gasteiger partial charge in [-0.25, -0.2) is 21.6 Å². The predicted octanol–water partition coefficient (Wildman–Crippen LogP) is 1.02. The maximum atomic E-state index is 12.7. The summed E-state index contributed by atoms with van der Waals surface area (Å²) in [6, 6.07) is 3.80. The molecular weight excluding hydrogens is 345 g/mol. The molecule has 0 atom stereocenters. The van der Waals surface area contributed by atoms with Gasteiger partial charge in [0.05, 0.1) is 23.8 Å². The van der Waals surface area contributed by atoms with Crippen LogP contribution in [0.15, 0.2) is 24.3 Å². The van der Waals surface area contributed by atoms with Crippen molar-refractivity contribution in [2.24, 2.45) is 0 Å². The lowest BCUT2D eigenvalue weighted by molar-refractivity contribution is -0.137. The van der Waals surface area contributed by atoms with Gasteiger partial charge in [0, 0.05) is 13.1 Å². The maximum Gasteiger partial charge on any atom is 0.416 e. The van der Waals surface area contributed by atoms with Gasteiger partial charge in [0.1, 0.15) is 0 Å². The highest BCUT2D eigenvalue weighted by atomic mass is 32.2. The van der Waals surface area contributed by atoms with E-state index < -0.39 is 31.8 Å². The summed E-state index contributed by atoms with van der Waals surface area (Å²) in [6.07, 6.45) is -2.89. The number of anilines is 1. The quantitative estimate of drug-likeness (QED) is 0.821. The Balaban J connectivity index is 3.09. The fourth-order valence-electron chi connectivity index (χ4n) is 1.66. The molecule has 0 radical (unpaired) electrons. The van der Waals surface area contributed by atoms with Crippen LogP contribution < -0.4 is 9.03 Å². The first kappa shape index (κ1) is 18.7. The molecule has 0 aliphatic heterocycles. The molecule has 1 rings (SSSR count). The lowest BCUT2D eigenvalue weighted by Gasteiger charge is -2.23. The minimum Gasteiger partial charge on any atom is -0.269 e. The molecule has 0 bridgehead atoms. The number of sulfonamides is 2. The van der Waals surface area contributed by atoms with Crippen LogP contribution in [0.25, 0.3) is 0 Å². The number of hydrogen-bond acceptors (Lipinski definition) is 4. The topological polar surface area (TPSA) is 83.6 Å². The van der Waals surface area contributed by atoms with E-state index in [9.17, 15) is 30.0 Å². The van der Waals surface area contributed by atoms with E-state index in [2.05, 4.69) is 4.72 Å². The molecule has 0 saturated carbocycles. The van der Waals surface area contributed by atoms with Crippen LogP contribution in [0, 0.1) is 0 Å². The Morgan fingerprint density at radius 2 is 1.73 bits per heavy atom. The third kappa shape index (κ3) is 5.81. The van der Waals surface area contributed by atoms with Crippen LogP contribution in [0.5, 0.6) is 0 Å². The summed E-state index contributed by atoms with van der Waals surface area (Å²) in [5.74, 6) is 0. The Morgan fingerprint density at radius 1 is 1.14 bits per heavy atom. The lowest BCUT2D eigenvalue weighted by Crippen LogP contribution is -2.38. The SMILES string of the molecule is CS(=O)(=O)NCCN(c1cccc(C(F)(F)F)c1)S(C)(=O)=O. The summed E-state index contributed by atoms with van der Waals surface area (Å²) in [7, 11) is -7.40. The number of nitrogens with one attached hydrogen (secondary N) is 1. The third-order valence-corrected chi connectivity index (χ3v) is 4.46.